The van der Waals surface area contributed by atoms with Crippen LogP contribution >= 0.6 is 0 Å². The van der Waals surface area contributed by atoms with E-state index in [9.17, 15) is 0 Å². The van der Waals surface area contributed by atoms with Gasteiger partial charge in [-0.05, 0) is 18.2 Å². The molecule has 0 radical (unpaired) electrons. The summed E-state index contributed by atoms with van der Waals surface area (Å²) < 4.78 is 5.09. The highest BCUT2D eigenvalue weighted by Crippen LogP contribution is 2.29. The second kappa shape index (κ2) is 5.01. The predicted molar refractivity (Wildman–Crippen MR) is 71.3 cm³/mol. The predicted octanol–water partition coefficient (Wildman–Crippen LogP) is 1.90. The van der Waals surface area contributed by atoms with Crippen molar-refractivity contribution in [2.24, 2.45) is 0 Å². The molecule has 0 saturated carbocycles. The lowest BCUT2D eigenvalue weighted by Crippen LogP contribution is -2.22. The quantitative estimate of drug-likeness (QED) is 0.816. The second-order valence-corrected chi connectivity index (χ2v) is 4.01. The van der Waals surface area contributed by atoms with Crippen molar-refractivity contribution in [3.63, 3.8) is 0 Å². The Kier molecular flexibility index (Phi) is 3.44. The third-order valence-electron chi connectivity index (χ3n) is 2.87. The number of nitrogens with zero attached hydrogens (tertiary/aromatic N) is 2. The molecule has 4 nitrogen and oxygen atoms in total. The number of hydrogen-bond donors (Lipinski definition) is 1. The summed E-state index contributed by atoms with van der Waals surface area (Å²) in [6, 6.07) is 5.94. The Balaban J connectivity index is 2.44. The molecule has 0 aliphatic carbocycles. The maximum absolute atomic E-state index is 5.94. The summed E-state index contributed by atoms with van der Waals surface area (Å²) in [6.45, 7) is 1.55. The third-order valence-corrected chi connectivity index (χ3v) is 2.87. The zero-order chi connectivity index (χ0) is 12.3. The third kappa shape index (κ3) is 2.31. The van der Waals surface area contributed by atoms with Crippen LogP contribution in [0.4, 0.5) is 11.4 Å². The lowest BCUT2D eigenvalue weighted by atomic mass is 10.1. The fourth-order valence-corrected chi connectivity index (χ4v) is 1.88. The highest BCUT2D eigenvalue weighted by Gasteiger charge is 2.07. The van der Waals surface area contributed by atoms with Crippen LogP contribution < -0.4 is 10.6 Å². The monoisotopic (exact) mass is 231 g/mol. The Morgan fingerprint density at radius 2 is 2.12 bits per heavy atom. The Hall–Kier alpha value is -1.81. The van der Waals surface area contributed by atoms with E-state index < -0.39 is 0 Å². The van der Waals surface area contributed by atoms with E-state index >= 15 is 0 Å². The average molecular weight is 231 g/mol. The summed E-state index contributed by atoms with van der Waals surface area (Å²) in [4.78, 5) is 6.27. The van der Waals surface area contributed by atoms with Gasteiger partial charge in [0.1, 0.15) is 0 Å². The molecule has 2 aromatic rings. The highest BCUT2D eigenvalue weighted by molar-refractivity contribution is 6.00. The maximum Gasteiger partial charge on any atom is 0.0637 e. The summed E-state index contributed by atoms with van der Waals surface area (Å²) in [5.41, 5.74) is 7.85. The fraction of sp³-hybridized carbons (Fsp3) is 0.308. The summed E-state index contributed by atoms with van der Waals surface area (Å²) in [6.07, 6.45) is 3.59. The number of likely N-dealkylation sites (N-methyl/N-ethyl adjacent to an activating group) is 1. The van der Waals surface area contributed by atoms with E-state index in [-0.39, 0.29) is 0 Å². The van der Waals surface area contributed by atoms with E-state index in [0.717, 1.165) is 28.7 Å². The molecule has 17 heavy (non-hydrogen) atoms. The zero-order valence-electron chi connectivity index (χ0n) is 10.2. The Labute approximate surface area is 101 Å². The number of methoxy groups -OCH3 is 1. The first-order chi connectivity index (χ1) is 8.24. The molecule has 1 heterocycles. The normalized spacial score (nSPS) is 10.7. The molecule has 0 aliphatic rings. The highest BCUT2D eigenvalue weighted by atomic mass is 16.5. The Bertz CT molecular complexity index is 513. The lowest BCUT2D eigenvalue weighted by Gasteiger charge is -2.21. The van der Waals surface area contributed by atoms with E-state index in [1.54, 1.807) is 19.5 Å². The van der Waals surface area contributed by atoms with Gasteiger partial charge in [0.15, 0.2) is 0 Å². The lowest BCUT2D eigenvalue weighted by molar-refractivity contribution is 0.206. The fourth-order valence-electron chi connectivity index (χ4n) is 1.88. The van der Waals surface area contributed by atoms with Gasteiger partial charge >= 0.3 is 0 Å². The number of aromatic nitrogens is 1. The van der Waals surface area contributed by atoms with Crippen LogP contribution in [0.3, 0.4) is 0 Å². The molecule has 0 bridgehead atoms. The van der Waals surface area contributed by atoms with Crippen LogP contribution in [0, 0.1) is 0 Å². The van der Waals surface area contributed by atoms with Gasteiger partial charge < -0.3 is 15.4 Å². The first kappa shape index (κ1) is 11.7. The van der Waals surface area contributed by atoms with Crippen LogP contribution in [0.15, 0.2) is 30.6 Å². The van der Waals surface area contributed by atoms with Gasteiger partial charge in [0, 0.05) is 55.2 Å². The van der Waals surface area contributed by atoms with E-state index in [1.165, 1.54) is 0 Å². The molecular formula is C13H17N3O. The van der Waals surface area contributed by atoms with Gasteiger partial charge in [-0.1, -0.05) is 0 Å². The maximum atomic E-state index is 5.94. The average Bonchev–Trinajstić information content (AvgIpc) is 2.37. The summed E-state index contributed by atoms with van der Waals surface area (Å²) >= 11 is 0. The van der Waals surface area contributed by atoms with Crippen molar-refractivity contribution < 1.29 is 4.74 Å². The van der Waals surface area contributed by atoms with Gasteiger partial charge in [-0.25, -0.2) is 0 Å². The largest absolute Gasteiger partial charge is 0.398 e. The minimum atomic E-state index is 0.702. The first-order valence-corrected chi connectivity index (χ1v) is 5.56. The second-order valence-electron chi connectivity index (χ2n) is 4.01. The van der Waals surface area contributed by atoms with Gasteiger partial charge in [-0.2, -0.15) is 0 Å². The molecule has 4 heteroatoms. The van der Waals surface area contributed by atoms with Crippen LogP contribution in [-0.4, -0.2) is 32.3 Å². The molecule has 0 saturated heterocycles. The molecule has 0 fully saturated rings. The molecule has 1 aromatic carbocycles. The van der Waals surface area contributed by atoms with Gasteiger partial charge in [0.2, 0.25) is 0 Å². The van der Waals surface area contributed by atoms with Gasteiger partial charge in [0.25, 0.3) is 0 Å². The van der Waals surface area contributed by atoms with Crippen LogP contribution in [0.2, 0.25) is 0 Å². The first-order valence-electron chi connectivity index (χ1n) is 5.56. The number of fused-ring (bicyclic) bond motifs is 1. The number of benzene rings is 1. The molecule has 1 aromatic heterocycles. The van der Waals surface area contributed by atoms with E-state index in [2.05, 4.69) is 9.88 Å². The van der Waals surface area contributed by atoms with Crippen molar-refractivity contribution in [1.82, 2.24) is 4.98 Å². The number of hydrogen-bond acceptors (Lipinski definition) is 4. The SMILES string of the molecule is COCCN(C)c1ccc(N)c2cnccc12. The van der Waals surface area contributed by atoms with Gasteiger partial charge in [-0.15, -0.1) is 0 Å². The molecule has 0 amide bonds. The van der Waals surface area contributed by atoms with E-state index in [0.29, 0.717) is 6.61 Å². The minimum absolute atomic E-state index is 0.702. The van der Waals surface area contributed by atoms with Crippen molar-refractivity contribution in [3.05, 3.63) is 30.6 Å². The van der Waals surface area contributed by atoms with Crippen LogP contribution in [-0.2, 0) is 4.74 Å². The smallest absolute Gasteiger partial charge is 0.0637 e. The van der Waals surface area contributed by atoms with Crippen LogP contribution in [0.5, 0.6) is 0 Å². The Morgan fingerprint density at radius 1 is 1.29 bits per heavy atom. The minimum Gasteiger partial charge on any atom is -0.398 e. The van der Waals surface area contributed by atoms with Crippen molar-refractivity contribution in [2.75, 3.05) is 37.9 Å². The van der Waals surface area contributed by atoms with Crippen LogP contribution in [0.25, 0.3) is 10.8 Å². The van der Waals surface area contributed by atoms with E-state index in [4.69, 9.17) is 10.5 Å². The van der Waals surface area contributed by atoms with Crippen molar-refractivity contribution in [3.8, 4) is 0 Å². The topological polar surface area (TPSA) is 51.4 Å². The standard InChI is InChI=1S/C13H17N3O/c1-16(7-8-17-2)13-4-3-12(14)11-9-15-6-5-10(11)13/h3-6,9H,7-8,14H2,1-2H3. The summed E-state index contributed by atoms with van der Waals surface area (Å²) in [5.74, 6) is 0. The van der Waals surface area contributed by atoms with Gasteiger partial charge in [0.05, 0.1) is 6.61 Å². The Morgan fingerprint density at radius 3 is 2.88 bits per heavy atom. The van der Waals surface area contributed by atoms with Gasteiger partial charge in [-0.3, -0.25) is 4.98 Å². The molecular weight excluding hydrogens is 214 g/mol. The van der Waals surface area contributed by atoms with E-state index in [1.807, 2.05) is 25.2 Å². The molecule has 0 unspecified atom stereocenters. The van der Waals surface area contributed by atoms with Crippen molar-refractivity contribution >= 4 is 22.1 Å². The molecule has 0 atom stereocenters. The number of nitrogens with two attached hydrogens (primary N) is 1. The number of nitrogen functional groups attached to an aromatic ring is 1. The molecule has 0 spiro atoms. The number of anilines is 2. The molecule has 2 N–H and O–H groups in total. The summed E-state index contributed by atoms with van der Waals surface area (Å²) in [5, 5.41) is 2.12. The zero-order valence-corrected chi connectivity index (χ0v) is 10.2. The van der Waals surface area contributed by atoms with Crippen LogP contribution in [0.1, 0.15) is 0 Å². The number of pyridine rings is 1. The van der Waals surface area contributed by atoms with Crippen molar-refractivity contribution in [1.29, 1.82) is 0 Å². The molecule has 0 aliphatic heterocycles. The number of ether oxygens (including phenoxy) is 1. The van der Waals surface area contributed by atoms with Crippen molar-refractivity contribution in [2.45, 2.75) is 0 Å². The molecule has 2 rings (SSSR count). The summed E-state index contributed by atoms with van der Waals surface area (Å²) in [7, 11) is 3.75. The number of rotatable bonds is 4. The molecule has 90 valence electrons.